The molecule has 92 valence electrons. The Morgan fingerprint density at radius 1 is 0.944 bits per heavy atom. The predicted molar refractivity (Wildman–Crippen MR) is 74.6 cm³/mol. The van der Waals surface area contributed by atoms with Crippen LogP contribution in [0.3, 0.4) is 0 Å². The number of benzene rings is 2. The molecule has 18 heavy (non-hydrogen) atoms. The van der Waals surface area contributed by atoms with Gasteiger partial charge in [-0.2, -0.15) is 0 Å². The number of hydrogen-bond donors (Lipinski definition) is 0. The van der Waals surface area contributed by atoms with Crippen LogP contribution >= 0.6 is 0 Å². The molecule has 0 saturated carbocycles. The molecule has 0 aliphatic heterocycles. The summed E-state index contributed by atoms with van der Waals surface area (Å²) in [6, 6.07) is 20.7. The van der Waals surface area contributed by atoms with Crippen molar-refractivity contribution in [2.24, 2.45) is 0 Å². The molecule has 0 amide bonds. The van der Waals surface area contributed by atoms with Crippen molar-refractivity contribution in [1.82, 2.24) is 0 Å². The third kappa shape index (κ3) is 3.56. The van der Waals surface area contributed by atoms with Gasteiger partial charge in [-0.1, -0.05) is 60.7 Å². The maximum Gasteiger partial charge on any atom is 0.130 e. The molecule has 1 nitrogen and oxygen atoms in total. The monoisotopic (exact) mass is 238 g/mol. The Balaban J connectivity index is 2.18. The second kappa shape index (κ2) is 6.15. The maximum atomic E-state index is 11.4. The standard InChI is InChI=1S/C17H18O/c1-14(18)12-17(16-10-6-3-7-11-16)13-15-8-4-2-5-9-15/h2-11,17H,12-13H2,1H3. The van der Waals surface area contributed by atoms with Gasteiger partial charge >= 0.3 is 0 Å². The normalized spacial score (nSPS) is 12.1. The summed E-state index contributed by atoms with van der Waals surface area (Å²) >= 11 is 0. The summed E-state index contributed by atoms with van der Waals surface area (Å²) in [6.45, 7) is 1.67. The number of hydrogen-bond acceptors (Lipinski definition) is 1. The van der Waals surface area contributed by atoms with Crippen LogP contribution in [0.5, 0.6) is 0 Å². The largest absolute Gasteiger partial charge is 0.300 e. The van der Waals surface area contributed by atoms with Gasteiger partial charge in [-0.05, 0) is 30.4 Å². The van der Waals surface area contributed by atoms with Crippen LogP contribution in [0.15, 0.2) is 60.7 Å². The van der Waals surface area contributed by atoms with Gasteiger partial charge < -0.3 is 4.79 Å². The summed E-state index contributed by atoms with van der Waals surface area (Å²) < 4.78 is 0. The van der Waals surface area contributed by atoms with Crippen LogP contribution in [-0.2, 0) is 11.2 Å². The Hall–Kier alpha value is -1.89. The molecule has 0 radical (unpaired) electrons. The smallest absolute Gasteiger partial charge is 0.130 e. The van der Waals surface area contributed by atoms with E-state index in [1.807, 2.05) is 36.4 Å². The third-order valence-corrected chi connectivity index (χ3v) is 3.13. The van der Waals surface area contributed by atoms with Crippen molar-refractivity contribution in [3.8, 4) is 0 Å². The van der Waals surface area contributed by atoms with E-state index < -0.39 is 0 Å². The van der Waals surface area contributed by atoms with Gasteiger partial charge in [0.1, 0.15) is 5.78 Å². The van der Waals surface area contributed by atoms with Crippen molar-refractivity contribution in [2.75, 3.05) is 0 Å². The lowest BCUT2D eigenvalue weighted by atomic mass is 9.88. The number of ketones is 1. The van der Waals surface area contributed by atoms with Crippen molar-refractivity contribution >= 4 is 5.78 Å². The molecule has 1 unspecified atom stereocenters. The fraction of sp³-hybridized carbons (Fsp3) is 0.235. The Kier molecular flexibility index (Phi) is 4.30. The summed E-state index contributed by atoms with van der Waals surface area (Å²) in [7, 11) is 0. The van der Waals surface area contributed by atoms with E-state index in [0.29, 0.717) is 6.42 Å². The summed E-state index contributed by atoms with van der Waals surface area (Å²) in [4.78, 5) is 11.4. The topological polar surface area (TPSA) is 17.1 Å². The molecule has 0 bridgehead atoms. The van der Waals surface area contributed by atoms with Crippen LogP contribution in [0.25, 0.3) is 0 Å². The molecule has 0 aromatic heterocycles. The lowest BCUT2D eigenvalue weighted by Crippen LogP contribution is -2.07. The van der Waals surface area contributed by atoms with Crippen LogP contribution in [-0.4, -0.2) is 5.78 Å². The van der Waals surface area contributed by atoms with Crippen molar-refractivity contribution in [1.29, 1.82) is 0 Å². The average Bonchev–Trinajstić information content (AvgIpc) is 2.40. The van der Waals surface area contributed by atoms with Crippen LogP contribution in [0.4, 0.5) is 0 Å². The lowest BCUT2D eigenvalue weighted by Gasteiger charge is -2.16. The fourth-order valence-corrected chi connectivity index (χ4v) is 2.28. The van der Waals surface area contributed by atoms with E-state index in [2.05, 4.69) is 24.3 Å². The number of rotatable bonds is 5. The molecule has 0 saturated heterocycles. The molecule has 2 rings (SSSR count). The van der Waals surface area contributed by atoms with E-state index >= 15 is 0 Å². The number of Topliss-reactive ketones (excluding diaryl/α,β-unsaturated/α-hetero) is 1. The number of carbonyl (C=O) groups excluding carboxylic acids is 1. The SMILES string of the molecule is CC(=O)CC(Cc1ccccc1)c1ccccc1. The molecule has 0 N–H and O–H groups in total. The maximum absolute atomic E-state index is 11.4. The number of carbonyl (C=O) groups is 1. The summed E-state index contributed by atoms with van der Waals surface area (Å²) in [6.07, 6.45) is 1.53. The second-order valence-electron chi connectivity index (χ2n) is 4.70. The van der Waals surface area contributed by atoms with Crippen molar-refractivity contribution in [3.63, 3.8) is 0 Å². The molecule has 0 aliphatic rings. The van der Waals surface area contributed by atoms with Gasteiger partial charge in [0, 0.05) is 6.42 Å². The van der Waals surface area contributed by atoms with Crippen LogP contribution in [0.1, 0.15) is 30.4 Å². The van der Waals surface area contributed by atoms with Crippen LogP contribution in [0, 0.1) is 0 Å². The van der Waals surface area contributed by atoms with Gasteiger partial charge in [0.25, 0.3) is 0 Å². The van der Waals surface area contributed by atoms with E-state index in [4.69, 9.17) is 0 Å². The Morgan fingerprint density at radius 3 is 2.06 bits per heavy atom. The molecular weight excluding hydrogens is 220 g/mol. The molecule has 0 fully saturated rings. The first-order valence-electron chi connectivity index (χ1n) is 6.34. The van der Waals surface area contributed by atoms with E-state index in [0.717, 1.165) is 6.42 Å². The molecule has 0 heterocycles. The molecule has 0 aliphatic carbocycles. The van der Waals surface area contributed by atoms with E-state index in [1.54, 1.807) is 6.92 Å². The Bertz CT molecular complexity index is 488. The molecule has 0 spiro atoms. The summed E-state index contributed by atoms with van der Waals surface area (Å²) in [5.41, 5.74) is 2.53. The minimum atomic E-state index is 0.250. The first-order chi connectivity index (χ1) is 8.75. The van der Waals surface area contributed by atoms with Crippen molar-refractivity contribution in [2.45, 2.75) is 25.7 Å². The quantitative estimate of drug-likeness (QED) is 0.769. The van der Waals surface area contributed by atoms with E-state index in [9.17, 15) is 4.79 Å². The highest BCUT2D eigenvalue weighted by atomic mass is 16.1. The van der Waals surface area contributed by atoms with E-state index in [1.165, 1.54) is 11.1 Å². The lowest BCUT2D eigenvalue weighted by molar-refractivity contribution is -0.117. The minimum Gasteiger partial charge on any atom is -0.300 e. The summed E-state index contributed by atoms with van der Waals surface area (Å²) in [5.74, 6) is 0.533. The highest BCUT2D eigenvalue weighted by molar-refractivity contribution is 5.76. The van der Waals surface area contributed by atoms with Crippen LogP contribution in [0.2, 0.25) is 0 Å². The molecule has 1 heteroatoms. The third-order valence-electron chi connectivity index (χ3n) is 3.13. The Morgan fingerprint density at radius 2 is 1.50 bits per heavy atom. The fourth-order valence-electron chi connectivity index (χ4n) is 2.28. The second-order valence-corrected chi connectivity index (χ2v) is 4.70. The van der Waals surface area contributed by atoms with Gasteiger partial charge in [-0.15, -0.1) is 0 Å². The highest BCUT2D eigenvalue weighted by Gasteiger charge is 2.14. The van der Waals surface area contributed by atoms with Gasteiger partial charge in [-0.25, -0.2) is 0 Å². The van der Waals surface area contributed by atoms with Gasteiger partial charge in [0.05, 0.1) is 0 Å². The molecular formula is C17H18O. The van der Waals surface area contributed by atoms with Gasteiger partial charge in [0.15, 0.2) is 0 Å². The van der Waals surface area contributed by atoms with Crippen LogP contribution < -0.4 is 0 Å². The predicted octanol–water partition coefficient (Wildman–Crippen LogP) is 3.99. The van der Waals surface area contributed by atoms with Gasteiger partial charge in [-0.3, -0.25) is 0 Å². The van der Waals surface area contributed by atoms with Crippen molar-refractivity contribution in [3.05, 3.63) is 71.8 Å². The zero-order chi connectivity index (χ0) is 12.8. The summed E-state index contributed by atoms with van der Waals surface area (Å²) in [5, 5.41) is 0. The van der Waals surface area contributed by atoms with Crippen molar-refractivity contribution < 1.29 is 4.79 Å². The first kappa shape index (κ1) is 12.6. The van der Waals surface area contributed by atoms with Gasteiger partial charge in [0.2, 0.25) is 0 Å². The molecule has 1 atom stereocenters. The Labute approximate surface area is 108 Å². The minimum absolute atomic E-state index is 0.250. The molecule has 2 aromatic rings. The first-order valence-corrected chi connectivity index (χ1v) is 6.34. The zero-order valence-corrected chi connectivity index (χ0v) is 10.7. The average molecular weight is 238 g/mol. The molecule has 2 aromatic carbocycles. The zero-order valence-electron chi connectivity index (χ0n) is 10.7. The highest BCUT2D eigenvalue weighted by Crippen LogP contribution is 2.24. The van der Waals surface area contributed by atoms with E-state index in [-0.39, 0.29) is 11.7 Å².